The third-order valence-electron chi connectivity index (χ3n) is 3.16. The fourth-order valence-electron chi connectivity index (χ4n) is 2.24. The summed E-state index contributed by atoms with van der Waals surface area (Å²) in [4.78, 5) is 7.61. The van der Waals surface area contributed by atoms with Gasteiger partial charge in [0.25, 0.3) is 0 Å². The monoisotopic (exact) mass is 216 g/mol. The van der Waals surface area contributed by atoms with E-state index < -0.39 is 0 Å². The molecular formula is C14H20N2. The highest BCUT2D eigenvalue weighted by Gasteiger charge is 2.06. The van der Waals surface area contributed by atoms with E-state index in [9.17, 15) is 0 Å². The van der Waals surface area contributed by atoms with Gasteiger partial charge < -0.3 is 4.98 Å². The number of rotatable bonds is 5. The Balaban J connectivity index is 2.12. The van der Waals surface area contributed by atoms with Crippen molar-refractivity contribution in [3.8, 4) is 0 Å². The van der Waals surface area contributed by atoms with E-state index in [1.807, 2.05) is 6.20 Å². The summed E-state index contributed by atoms with van der Waals surface area (Å²) in [6, 6.07) is 2.09. The van der Waals surface area contributed by atoms with Crippen LogP contribution in [0.4, 0.5) is 0 Å². The molecule has 0 aliphatic rings. The zero-order valence-corrected chi connectivity index (χ0v) is 10.2. The van der Waals surface area contributed by atoms with Crippen LogP contribution in [0.25, 0.3) is 11.0 Å². The second-order valence-corrected chi connectivity index (χ2v) is 4.48. The lowest BCUT2D eigenvalue weighted by Crippen LogP contribution is -1.86. The van der Waals surface area contributed by atoms with Crippen LogP contribution in [0.5, 0.6) is 0 Å². The van der Waals surface area contributed by atoms with E-state index in [4.69, 9.17) is 0 Å². The molecule has 0 unspecified atom stereocenters. The second kappa shape index (κ2) is 5.15. The Bertz CT molecular complexity index is 457. The normalized spacial score (nSPS) is 11.1. The molecule has 0 aliphatic heterocycles. The highest BCUT2D eigenvalue weighted by atomic mass is 14.8. The maximum atomic E-state index is 4.35. The third kappa shape index (κ3) is 2.26. The summed E-state index contributed by atoms with van der Waals surface area (Å²) in [7, 11) is 0. The Kier molecular flexibility index (Phi) is 3.60. The SMILES string of the molecule is CCCCCCc1c[nH]c2nccc(C)c12. The number of aromatic nitrogens is 2. The minimum atomic E-state index is 1.03. The van der Waals surface area contributed by atoms with Crippen LogP contribution in [0.15, 0.2) is 18.5 Å². The molecule has 2 heteroatoms. The summed E-state index contributed by atoms with van der Waals surface area (Å²) in [6.07, 6.45) is 10.4. The molecule has 2 aromatic rings. The fraction of sp³-hybridized carbons (Fsp3) is 0.500. The lowest BCUT2D eigenvalue weighted by molar-refractivity contribution is 0.668. The average Bonchev–Trinajstić information content (AvgIpc) is 2.69. The number of H-pyrrole nitrogens is 1. The molecule has 0 atom stereocenters. The molecule has 2 rings (SSSR count). The van der Waals surface area contributed by atoms with Gasteiger partial charge in [-0.1, -0.05) is 26.2 Å². The van der Waals surface area contributed by atoms with Crippen molar-refractivity contribution in [2.24, 2.45) is 0 Å². The van der Waals surface area contributed by atoms with Gasteiger partial charge >= 0.3 is 0 Å². The maximum absolute atomic E-state index is 4.35. The predicted molar refractivity (Wildman–Crippen MR) is 68.7 cm³/mol. The number of hydrogen-bond acceptors (Lipinski definition) is 1. The Morgan fingerprint density at radius 1 is 1.25 bits per heavy atom. The Labute approximate surface area is 97.1 Å². The molecule has 2 nitrogen and oxygen atoms in total. The predicted octanol–water partition coefficient (Wildman–Crippen LogP) is 3.99. The Morgan fingerprint density at radius 3 is 2.94 bits per heavy atom. The van der Waals surface area contributed by atoms with Gasteiger partial charge in [0.05, 0.1) is 0 Å². The highest BCUT2D eigenvalue weighted by molar-refractivity contribution is 5.83. The van der Waals surface area contributed by atoms with Crippen LogP contribution in [-0.2, 0) is 6.42 Å². The van der Waals surface area contributed by atoms with Gasteiger partial charge in [-0.25, -0.2) is 4.98 Å². The van der Waals surface area contributed by atoms with Gasteiger partial charge in [-0.2, -0.15) is 0 Å². The van der Waals surface area contributed by atoms with Crippen LogP contribution in [0.2, 0.25) is 0 Å². The molecule has 86 valence electrons. The number of nitrogens with one attached hydrogen (secondary N) is 1. The minimum Gasteiger partial charge on any atom is -0.346 e. The first kappa shape index (κ1) is 11.2. The number of pyridine rings is 1. The topological polar surface area (TPSA) is 28.7 Å². The molecule has 16 heavy (non-hydrogen) atoms. The molecule has 0 aromatic carbocycles. The van der Waals surface area contributed by atoms with Crippen molar-refractivity contribution in [3.05, 3.63) is 29.6 Å². The van der Waals surface area contributed by atoms with Crippen molar-refractivity contribution in [2.45, 2.75) is 46.0 Å². The van der Waals surface area contributed by atoms with Gasteiger partial charge in [-0.3, -0.25) is 0 Å². The van der Waals surface area contributed by atoms with Crippen molar-refractivity contribution in [1.82, 2.24) is 9.97 Å². The molecule has 2 aromatic heterocycles. The molecule has 0 amide bonds. The van der Waals surface area contributed by atoms with Crippen molar-refractivity contribution in [2.75, 3.05) is 0 Å². The Hall–Kier alpha value is -1.31. The molecule has 2 heterocycles. The van der Waals surface area contributed by atoms with Crippen molar-refractivity contribution in [1.29, 1.82) is 0 Å². The number of unbranched alkanes of at least 4 members (excludes halogenated alkanes) is 3. The largest absolute Gasteiger partial charge is 0.346 e. The van der Waals surface area contributed by atoms with E-state index in [0.29, 0.717) is 0 Å². The molecule has 0 spiro atoms. The van der Waals surface area contributed by atoms with Crippen LogP contribution in [-0.4, -0.2) is 9.97 Å². The molecule has 0 radical (unpaired) electrons. The van der Waals surface area contributed by atoms with Crippen LogP contribution in [0, 0.1) is 6.92 Å². The van der Waals surface area contributed by atoms with Gasteiger partial charge in [0.2, 0.25) is 0 Å². The molecule has 1 N–H and O–H groups in total. The molecular weight excluding hydrogens is 196 g/mol. The van der Waals surface area contributed by atoms with Gasteiger partial charge in [-0.05, 0) is 37.0 Å². The van der Waals surface area contributed by atoms with Crippen LogP contribution < -0.4 is 0 Å². The first-order valence-electron chi connectivity index (χ1n) is 6.24. The summed E-state index contributed by atoms with van der Waals surface area (Å²) < 4.78 is 0. The zero-order chi connectivity index (χ0) is 11.4. The van der Waals surface area contributed by atoms with E-state index >= 15 is 0 Å². The Morgan fingerprint density at radius 2 is 2.12 bits per heavy atom. The first-order valence-corrected chi connectivity index (χ1v) is 6.24. The molecule has 0 bridgehead atoms. The zero-order valence-electron chi connectivity index (χ0n) is 10.2. The van der Waals surface area contributed by atoms with Gasteiger partial charge in [0, 0.05) is 17.8 Å². The minimum absolute atomic E-state index is 1.03. The van der Waals surface area contributed by atoms with Crippen LogP contribution in [0.1, 0.15) is 43.7 Å². The van der Waals surface area contributed by atoms with Gasteiger partial charge in [0.1, 0.15) is 5.65 Å². The van der Waals surface area contributed by atoms with E-state index in [1.165, 1.54) is 48.6 Å². The highest BCUT2D eigenvalue weighted by Crippen LogP contribution is 2.21. The van der Waals surface area contributed by atoms with E-state index in [2.05, 4.69) is 36.1 Å². The number of hydrogen-bond donors (Lipinski definition) is 1. The van der Waals surface area contributed by atoms with Crippen molar-refractivity contribution >= 4 is 11.0 Å². The fourth-order valence-corrected chi connectivity index (χ4v) is 2.24. The maximum Gasteiger partial charge on any atom is 0.137 e. The van der Waals surface area contributed by atoms with E-state index in [-0.39, 0.29) is 0 Å². The molecule has 0 fully saturated rings. The molecule has 0 saturated heterocycles. The first-order chi connectivity index (χ1) is 7.83. The van der Waals surface area contributed by atoms with E-state index in [0.717, 1.165) is 5.65 Å². The quantitative estimate of drug-likeness (QED) is 0.752. The second-order valence-electron chi connectivity index (χ2n) is 4.48. The smallest absolute Gasteiger partial charge is 0.137 e. The van der Waals surface area contributed by atoms with E-state index in [1.54, 1.807) is 0 Å². The summed E-state index contributed by atoms with van der Waals surface area (Å²) in [5.41, 5.74) is 3.79. The van der Waals surface area contributed by atoms with Crippen LogP contribution >= 0.6 is 0 Å². The number of aromatic amines is 1. The van der Waals surface area contributed by atoms with Crippen molar-refractivity contribution in [3.63, 3.8) is 0 Å². The number of fused-ring (bicyclic) bond motifs is 1. The molecule has 0 aliphatic carbocycles. The third-order valence-corrected chi connectivity index (χ3v) is 3.16. The van der Waals surface area contributed by atoms with Gasteiger partial charge in [0.15, 0.2) is 0 Å². The number of aryl methyl sites for hydroxylation is 2. The lowest BCUT2D eigenvalue weighted by Gasteiger charge is -2.01. The summed E-state index contributed by atoms with van der Waals surface area (Å²) >= 11 is 0. The average molecular weight is 216 g/mol. The van der Waals surface area contributed by atoms with Crippen LogP contribution in [0.3, 0.4) is 0 Å². The number of nitrogens with zero attached hydrogens (tertiary/aromatic N) is 1. The summed E-state index contributed by atoms with van der Waals surface area (Å²) in [6.45, 7) is 4.41. The summed E-state index contributed by atoms with van der Waals surface area (Å²) in [5.74, 6) is 0. The lowest BCUT2D eigenvalue weighted by atomic mass is 10.0. The molecule has 0 saturated carbocycles. The standard InChI is InChI=1S/C14H20N2/c1-3-4-5-6-7-12-10-16-14-13(12)11(2)8-9-15-14/h8-10H,3-7H2,1-2H3,(H,15,16). The van der Waals surface area contributed by atoms with Crippen molar-refractivity contribution < 1.29 is 0 Å². The van der Waals surface area contributed by atoms with Gasteiger partial charge in [-0.15, -0.1) is 0 Å². The summed E-state index contributed by atoms with van der Waals surface area (Å²) in [5, 5.41) is 1.33.